The highest BCUT2D eigenvalue weighted by molar-refractivity contribution is 6.30. The minimum Gasteiger partial charge on any atom is -0.379 e. The van der Waals surface area contributed by atoms with Crippen LogP contribution in [0.4, 0.5) is 5.69 Å². The number of benzene rings is 1. The summed E-state index contributed by atoms with van der Waals surface area (Å²) in [6, 6.07) is 7.37. The Labute approximate surface area is 105 Å². The van der Waals surface area contributed by atoms with Gasteiger partial charge in [0.1, 0.15) is 6.07 Å². The number of carbonyl (C=O) groups is 1. The van der Waals surface area contributed by atoms with Crippen LogP contribution in [0.15, 0.2) is 18.2 Å². The van der Waals surface area contributed by atoms with E-state index in [4.69, 9.17) is 16.9 Å². The number of amides is 1. The van der Waals surface area contributed by atoms with Crippen LogP contribution < -0.4 is 10.6 Å². The standard InChI is InChI=1S/C12H12ClN3O/c13-9-2-1-8(6-14)11(5-9)16-10-3-4-12(17)15-7-10/h1-2,5,10,16H,3-4,7H2,(H,15,17). The lowest BCUT2D eigenvalue weighted by atomic mass is 10.1. The summed E-state index contributed by atoms with van der Waals surface area (Å²) in [7, 11) is 0. The number of nitrogens with one attached hydrogen (secondary N) is 2. The van der Waals surface area contributed by atoms with Crippen LogP contribution in [0.25, 0.3) is 0 Å². The second-order valence-electron chi connectivity index (χ2n) is 3.99. The molecule has 1 aromatic carbocycles. The molecule has 0 saturated carbocycles. The van der Waals surface area contributed by atoms with Gasteiger partial charge in [0.15, 0.2) is 0 Å². The smallest absolute Gasteiger partial charge is 0.220 e. The third-order valence-electron chi connectivity index (χ3n) is 2.73. The SMILES string of the molecule is N#Cc1ccc(Cl)cc1NC1CCC(=O)NC1. The summed E-state index contributed by atoms with van der Waals surface area (Å²) in [4.78, 5) is 11.0. The molecule has 1 fully saturated rings. The quantitative estimate of drug-likeness (QED) is 0.841. The highest BCUT2D eigenvalue weighted by atomic mass is 35.5. The first-order valence-corrected chi connectivity index (χ1v) is 5.79. The van der Waals surface area contributed by atoms with Crippen LogP contribution in [0, 0.1) is 11.3 Å². The average molecular weight is 250 g/mol. The number of hydrogen-bond acceptors (Lipinski definition) is 3. The van der Waals surface area contributed by atoms with Gasteiger partial charge in [-0.05, 0) is 24.6 Å². The van der Waals surface area contributed by atoms with Crippen molar-refractivity contribution in [1.29, 1.82) is 5.26 Å². The van der Waals surface area contributed by atoms with Gasteiger partial charge in [-0.15, -0.1) is 0 Å². The van der Waals surface area contributed by atoms with Gasteiger partial charge in [0.25, 0.3) is 0 Å². The van der Waals surface area contributed by atoms with Gasteiger partial charge >= 0.3 is 0 Å². The first kappa shape index (κ1) is 11.7. The molecule has 1 aliphatic heterocycles. The second-order valence-corrected chi connectivity index (χ2v) is 4.42. The molecule has 5 heteroatoms. The Hall–Kier alpha value is -1.73. The van der Waals surface area contributed by atoms with E-state index in [1.807, 2.05) is 0 Å². The summed E-state index contributed by atoms with van der Waals surface area (Å²) in [5, 5.41) is 15.6. The van der Waals surface area contributed by atoms with E-state index in [-0.39, 0.29) is 11.9 Å². The van der Waals surface area contributed by atoms with Crippen LogP contribution in [0.2, 0.25) is 5.02 Å². The van der Waals surface area contributed by atoms with Crippen molar-refractivity contribution in [3.63, 3.8) is 0 Å². The van der Waals surface area contributed by atoms with Crippen molar-refractivity contribution in [2.75, 3.05) is 11.9 Å². The van der Waals surface area contributed by atoms with Crippen molar-refractivity contribution >= 4 is 23.2 Å². The maximum Gasteiger partial charge on any atom is 0.220 e. The second kappa shape index (κ2) is 5.07. The van der Waals surface area contributed by atoms with Gasteiger partial charge in [0.05, 0.1) is 11.3 Å². The monoisotopic (exact) mass is 249 g/mol. The van der Waals surface area contributed by atoms with Gasteiger partial charge < -0.3 is 10.6 Å². The van der Waals surface area contributed by atoms with Crippen LogP contribution in [-0.4, -0.2) is 18.5 Å². The van der Waals surface area contributed by atoms with Crippen molar-refractivity contribution < 1.29 is 4.79 Å². The minimum atomic E-state index is 0.0784. The zero-order chi connectivity index (χ0) is 12.3. The summed E-state index contributed by atoms with van der Waals surface area (Å²) in [6.07, 6.45) is 1.28. The number of piperidine rings is 1. The minimum absolute atomic E-state index is 0.0784. The van der Waals surface area contributed by atoms with Crippen molar-refractivity contribution in [2.45, 2.75) is 18.9 Å². The van der Waals surface area contributed by atoms with Crippen LogP contribution in [0.1, 0.15) is 18.4 Å². The van der Waals surface area contributed by atoms with Crippen molar-refractivity contribution in [3.8, 4) is 6.07 Å². The van der Waals surface area contributed by atoms with E-state index in [0.29, 0.717) is 23.6 Å². The third kappa shape index (κ3) is 2.89. The molecular formula is C12H12ClN3O. The molecule has 0 bridgehead atoms. The molecule has 4 nitrogen and oxygen atoms in total. The number of rotatable bonds is 2. The van der Waals surface area contributed by atoms with Crippen LogP contribution >= 0.6 is 11.6 Å². The topological polar surface area (TPSA) is 64.9 Å². The number of nitrogens with zero attached hydrogens (tertiary/aromatic N) is 1. The molecule has 0 aromatic heterocycles. The highest BCUT2D eigenvalue weighted by Crippen LogP contribution is 2.22. The van der Waals surface area contributed by atoms with Crippen molar-refractivity contribution in [3.05, 3.63) is 28.8 Å². The summed E-state index contributed by atoms with van der Waals surface area (Å²) in [6.45, 7) is 0.580. The Morgan fingerprint density at radius 3 is 3.00 bits per heavy atom. The number of anilines is 1. The molecule has 0 aliphatic carbocycles. The van der Waals surface area contributed by atoms with Crippen LogP contribution in [0.3, 0.4) is 0 Å². The molecule has 2 rings (SSSR count). The maximum absolute atomic E-state index is 11.0. The molecule has 1 heterocycles. The lowest BCUT2D eigenvalue weighted by molar-refractivity contribution is -0.122. The Kier molecular flexibility index (Phi) is 3.50. The van der Waals surface area contributed by atoms with E-state index in [0.717, 1.165) is 12.1 Å². The van der Waals surface area contributed by atoms with Crippen molar-refractivity contribution in [2.24, 2.45) is 0 Å². The maximum atomic E-state index is 11.0. The van der Waals surface area contributed by atoms with Crippen LogP contribution in [0.5, 0.6) is 0 Å². The Bertz CT molecular complexity index is 471. The fraction of sp³-hybridized carbons (Fsp3) is 0.333. The zero-order valence-electron chi connectivity index (χ0n) is 9.16. The van der Waals surface area contributed by atoms with E-state index in [9.17, 15) is 4.79 Å². The van der Waals surface area contributed by atoms with Gasteiger partial charge in [-0.25, -0.2) is 0 Å². The fourth-order valence-corrected chi connectivity index (χ4v) is 1.98. The normalized spacial score (nSPS) is 19.3. The number of carbonyl (C=O) groups excluding carboxylic acids is 1. The molecule has 1 aliphatic rings. The van der Waals surface area contributed by atoms with E-state index >= 15 is 0 Å². The van der Waals surface area contributed by atoms with Crippen molar-refractivity contribution in [1.82, 2.24) is 5.32 Å². The van der Waals surface area contributed by atoms with E-state index < -0.39 is 0 Å². The summed E-state index contributed by atoms with van der Waals surface area (Å²) < 4.78 is 0. The van der Waals surface area contributed by atoms with Gasteiger partial charge in [-0.2, -0.15) is 5.26 Å². The molecule has 1 atom stereocenters. The third-order valence-corrected chi connectivity index (χ3v) is 2.96. The van der Waals surface area contributed by atoms with Gasteiger partial charge in [-0.1, -0.05) is 11.6 Å². The van der Waals surface area contributed by atoms with E-state index in [2.05, 4.69) is 16.7 Å². The molecule has 1 amide bonds. The van der Waals surface area contributed by atoms with Crippen LogP contribution in [-0.2, 0) is 4.79 Å². The van der Waals surface area contributed by atoms with Gasteiger partial charge in [-0.3, -0.25) is 4.79 Å². The fourth-order valence-electron chi connectivity index (χ4n) is 1.81. The lowest BCUT2D eigenvalue weighted by Gasteiger charge is -2.24. The number of hydrogen-bond donors (Lipinski definition) is 2. The summed E-state index contributed by atoms with van der Waals surface area (Å²) >= 11 is 5.90. The predicted octanol–water partition coefficient (Wildman–Crippen LogP) is 1.90. The van der Waals surface area contributed by atoms with Gasteiger partial charge in [0.2, 0.25) is 5.91 Å². The first-order chi connectivity index (χ1) is 8.19. The molecule has 88 valence electrons. The summed E-state index contributed by atoms with van der Waals surface area (Å²) in [5.74, 6) is 0.0784. The van der Waals surface area contributed by atoms with E-state index in [1.54, 1.807) is 18.2 Å². The summed E-state index contributed by atoms with van der Waals surface area (Å²) in [5.41, 5.74) is 1.28. The average Bonchev–Trinajstić information content (AvgIpc) is 2.32. The molecule has 2 N–H and O–H groups in total. The first-order valence-electron chi connectivity index (χ1n) is 5.42. The molecule has 1 unspecified atom stereocenters. The Morgan fingerprint density at radius 1 is 1.53 bits per heavy atom. The van der Waals surface area contributed by atoms with Gasteiger partial charge in [0, 0.05) is 24.0 Å². The molecular weight excluding hydrogens is 238 g/mol. The number of nitriles is 1. The molecule has 17 heavy (non-hydrogen) atoms. The zero-order valence-corrected chi connectivity index (χ0v) is 9.92. The van der Waals surface area contributed by atoms with E-state index in [1.165, 1.54) is 0 Å². The largest absolute Gasteiger partial charge is 0.379 e. The molecule has 0 spiro atoms. The molecule has 1 saturated heterocycles. The lowest BCUT2D eigenvalue weighted by Crippen LogP contribution is -2.42. The Morgan fingerprint density at radius 2 is 2.35 bits per heavy atom. The highest BCUT2D eigenvalue weighted by Gasteiger charge is 2.18. The molecule has 0 radical (unpaired) electrons. The number of halogens is 1. The molecule has 1 aromatic rings. The predicted molar refractivity (Wildman–Crippen MR) is 65.8 cm³/mol. The Balaban J connectivity index is 2.10.